The number of aliphatic hydroxyl groups excluding tert-OH is 1. The summed E-state index contributed by atoms with van der Waals surface area (Å²) in [5.74, 6) is 0.586. The molecule has 7 nitrogen and oxygen atoms in total. The molecule has 16 heavy (non-hydrogen) atoms. The summed E-state index contributed by atoms with van der Waals surface area (Å²) in [6.07, 6.45) is 0. The lowest BCUT2D eigenvalue weighted by atomic mass is 10.5. The number of nitrogens with zero attached hydrogens (tertiary/aromatic N) is 3. The fourth-order valence-corrected chi connectivity index (χ4v) is 1.65. The molecule has 0 aromatic carbocycles. The van der Waals surface area contributed by atoms with Gasteiger partial charge in [-0.2, -0.15) is 0 Å². The molecule has 0 saturated carbocycles. The zero-order chi connectivity index (χ0) is 11.9. The Bertz CT molecular complexity index is 649. The van der Waals surface area contributed by atoms with Crippen LogP contribution in [-0.2, 0) is 13.6 Å². The Morgan fingerprint density at radius 3 is 2.75 bits per heavy atom. The standard InChI is InChI=1S/C9H12N4O3/c1-5-10-6-7(13(5)3-4-14)11-9(16)12(2)8(6)15/h14H,3-4H2,1-2H3,(H,11,16). The van der Waals surface area contributed by atoms with Gasteiger partial charge in [-0.15, -0.1) is 0 Å². The molecule has 0 aliphatic heterocycles. The quantitative estimate of drug-likeness (QED) is 0.664. The van der Waals surface area contributed by atoms with E-state index in [1.54, 1.807) is 11.5 Å². The second-order valence-corrected chi connectivity index (χ2v) is 3.53. The Morgan fingerprint density at radius 1 is 1.44 bits per heavy atom. The number of aromatic nitrogens is 4. The van der Waals surface area contributed by atoms with Crippen LogP contribution >= 0.6 is 0 Å². The lowest BCUT2D eigenvalue weighted by Crippen LogP contribution is -2.32. The molecule has 0 atom stereocenters. The summed E-state index contributed by atoms with van der Waals surface area (Å²) in [6, 6.07) is 0. The summed E-state index contributed by atoms with van der Waals surface area (Å²) in [7, 11) is 1.39. The molecule has 0 radical (unpaired) electrons. The zero-order valence-electron chi connectivity index (χ0n) is 9.02. The third-order valence-electron chi connectivity index (χ3n) is 2.52. The van der Waals surface area contributed by atoms with Crippen LogP contribution in [0, 0.1) is 6.92 Å². The molecular weight excluding hydrogens is 212 g/mol. The Labute approximate surface area is 90.0 Å². The number of aliphatic hydroxyl groups is 1. The van der Waals surface area contributed by atoms with Gasteiger partial charge >= 0.3 is 5.69 Å². The van der Waals surface area contributed by atoms with Crippen LogP contribution in [0.25, 0.3) is 11.2 Å². The number of rotatable bonds is 2. The maximum atomic E-state index is 11.7. The molecule has 0 unspecified atom stereocenters. The zero-order valence-corrected chi connectivity index (χ0v) is 9.02. The molecule has 0 aliphatic carbocycles. The number of fused-ring (bicyclic) bond motifs is 1. The van der Waals surface area contributed by atoms with Crippen LogP contribution in [0.4, 0.5) is 0 Å². The average molecular weight is 224 g/mol. The first-order valence-corrected chi connectivity index (χ1v) is 4.83. The van der Waals surface area contributed by atoms with Crippen LogP contribution in [-0.4, -0.2) is 30.8 Å². The molecule has 2 N–H and O–H groups in total. The SMILES string of the molecule is Cc1nc2c(=O)n(C)c(=O)[nH]c2n1CCO. The molecule has 0 fully saturated rings. The Hall–Kier alpha value is -1.89. The topological polar surface area (TPSA) is 92.9 Å². The van der Waals surface area contributed by atoms with Crippen LogP contribution in [0.1, 0.15) is 5.82 Å². The minimum Gasteiger partial charge on any atom is -0.395 e. The van der Waals surface area contributed by atoms with E-state index < -0.39 is 11.2 Å². The first-order chi connectivity index (χ1) is 7.56. The maximum absolute atomic E-state index is 11.7. The largest absolute Gasteiger partial charge is 0.395 e. The molecule has 2 aromatic rings. The summed E-state index contributed by atoms with van der Waals surface area (Å²) >= 11 is 0. The van der Waals surface area contributed by atoms with Gasteiger partial charge in [-0.05, 0) is 6.92 Å². The predicted molar refractivity (Wildman–Crippen MR) is 57.4 cm³/mol. The predicted octanol–water partition coefficient (Wildman–Crippen LogP) is -1.28. The van der Waals surface area contributed by atoms with Crippen molar-refractivity contribution in [3.05, 3.63) is 26.7 Å². The van der Waals surface area contributed by atoms with E-state index in [9.17, 15) is 9.59 Å². The number of nitrogens with one attached hydrogen (secondary N) is 1. The van der Waals surface area contributed by atoms with E-state index in [1.807, 2.05) is 0 Å². The van der Waals surface area contributed by atoms with E-state index in [4.69, 9.17) is 5.11 Å². The van der Waals surface area contributed by atoms with Crippen LogP contribution in [0.2, 0.25) is 0 Å². The Balaban J connectivity index is 2.91. The van der Waals surface area contributed by atoms with Crippen molar-refractivity contribution in [3.63, 3.8) is 0 Å². The maximum Gasteiger partial charge on any atom is 0.329 e. The van der Waals surface area contributed by atoms with Crippen molar-refractivity contribution in [2.75, 3.05) is 6.61 Å². The summed E-state index contributed by atoms with van der Waals surface area (Å²) in [5, 5.41) is 8.89. The third-order valence-corrected chi connectivity index (χ3v) is 2.52. The van der Waals surface area contributed by atoms with E-state index in [2.05, 4.69) is 9.97 Å². The molecule has 0 bridgehead atoms. The van der Waals surface area contributed by atoms with Crippen molar-refractivity contribution in [1.82, 2.24) is 19.1 Å². The summed E-state index contributed by atoms with van der Waals surface area (Å²) in [4.78, 5) is 29.8. The third kappa shape index (κ3) is 1.36. The van der Waals surface area contributed by atoms with Crippen LogP contribution in [0.15, 0.2) is 9.59 Å². The lowest BCUT2D eigenvalue weighted by Gasteiger charge is -2.03. The van der Waals surface area contributed by atoms with Gasteiger partial charge in [0.25, 0.3) is 5.56 Å². The lowest BCUT2D eigenvalue weighted by molar-refractivity contribution is 0.276. The first-order valence-electron chi connectivity index (χ1n) is 4.83. The monoisotopic (exact) mass is 224 g/mol. The number of hydrogen-bond acceptors (Lipinski definition) is 4. The number of aryl methyl sites for hydroxylation is 1. The van der Waals surface area contributed by atoms with E-state index >= 15 is 0 Å². The normalized spacial score (nSPS) is 11.2. The Kier molecular flexibility index (Phi) is 2.39. The van der Waals surface area contributed by atoms with Gasteiger partial charge in [-0.1, -0.05) is 0 Å². The highest BCUT2D eigenvalue weighted by molar-refractivity contribution is 5.69. The van der Waals surface area contributed by atoms with Crippen LogP contribution in [0.5, 0.6) is 0 Å². The van der Waals surface area contributed by atoms with E-state index in [0.29, 0.717) is 18.0 Å². The highest BCUT2D eigenvalue weighted by Crippen LogP contribution is 2.07. The molecule has 0 amide bonds. The minimum absolute atomic E-state index is 0.0798. The highest BCUT2D eigenvalue weighted by Gasteiger charge is 2.12. The van der Waals surface area contributed by atoms with E-state index in [1.165, 1.54) is 7.05 Å². The van der Waals surface area contributed by atoms with Gasteiger partial charge in [0.2, 0.25) is 0 Å². The molecular formula is C9H12N4O3. The Morgan fingerprint density at radius 2 is 2.12 bits per heavy atom. The fraction of sp³-hybridized carbons (Fsp3) is 0.444. The van der Waals surface area contributed by atoms with Crippen molar-refractivity contribution in [2.24, 2.45) is 7.05 Å². The van der Waals surface area contributed by atoms with Gasteiger partial charge in [0.05, 0.1) is 6.61 Å². The van der Waals surface area contributed by atoms with E-state index in [0.717, 1.165) is 4.57 Å². The van der Waals surface area contributed by atoms with Gasteiger partial charge in [0.1, 0.15) is 11.5 Å². The summed E-state index contributed by atoms with van der Waals surface area (Å²) < 4.78 is 2.58. The number of imidazole rings is 1. The minimum atomic E-state index is -0.489. The van der Waals surface area contributed by atoms with Crippen molar-refractivity contribution >= 4 is 11.2 Å². The van der Waals surface area contributed by atoms with Gasteiger partial charge in [-0.3, -0.25) is 14.3 Å². The average Bonchev–Trinajstić information content (AvgIpc) is 2.55. The second kappa shape index (κ2) is 3.60. The van der Waals surface area contributed by atoms with Gasteiger partial charge < -0.3 is 9.67 Å². The van der Waals surface area contributed by atoms with Crippen molar-refractivity contribution in [1.29, 1.82) is 0 Å². The van der Waals surface area contributed by atoms with Crippen LogP contribution < -0.4 is 11.2 Å². The van der Waals surface area contributed by atoms with Gasteiger partial charge in [-0.25, -0.2) is 9.78 Å². The van der Waals surface area contributed by atoms with Gasteiger partial charge in [0, 0.05) is 13.6 Å². The fourth-order valence-electron chi connectivity index (χ4n) is 1.65. The highest BCUT2D eigenvalue weighted by atomic mass is 16.3. The molecule has 0 aliphatic rings. The van der Waals surface area contributed by atoms with Crippen LogP contribution in [0.3, 0.4) is 0 Å². The summed E-state index contributed by atoms with van der Waals surface area (Å²) in [6.45, 7) is 1.93. The smallest absolute Gasteiger partial charge is 0.329 e. The summed E-state index contributed by atoms with van der Waals surface area (Å²) in [5.41, 5.74) is -0.345. The molecule has 0 spiro atoms. The second-order valence-electron chi connectivity index (χ2n) is 3.53. The molecule has 2 aromatic heterocycles. The molecule has 86 valence electrons. The molecule has 2 rings (SSSR count). The van der Waals surface area contributed by atoms with E-state index in [-0.39, 0.29) is 12.1 Å². The number of hydrogen-bond donors (Lipinski definition) is 2. The van der Waals surface area contributed by atoms with Crippen molar-refractivity contribution in [3.8, 4) is 0 Å². The van der Waals surface area contributed by atoms with Crippen molar-refractivity contribution in [2.45, 2.75) is 13.5 Å². The molecule has 0 saturated heterocycles. The van der Waals surface area contributed by atoms with Gasteiger partial charge in [0.15, 0.2) is 5.52 Å². The molecule has 7 heteroatoms. The molecule has 2 heterocycles. The first kappa shape index (κ1) is 10.6. The van der Waals surface area contributed by atoms with Crippen molar-refractivity contribution < 1.29 is 5.11 Å². The number of aromatic amines is 1. The number of H-pyrrole nitrogens is 1.